The van der Waals surface area contributed by atoms with E-state index < -0.39 is 15.9 Å². The van der Waals surface area contributed by atoms with Gasteiger partial charge in [0.15, 0.2) is 9.84 Å². The van der Waals surface area contributed by atoms with Crippen LogP contribution in [-0.2, 0) is 9.84 Å². The van der Waals surface area contributed by atoms with E-state index in [0.29, 0.717) is 0 Å². The van der Waals surface area contributed by atoms with Crippen LogP contribution < -0.4 is 0 Å². The van der Waals surface area contributed by atoms with Crippen LogP contribution in [0.2, 0.25) is 0 Å². The Morgan fingerprint density at radius 3 is 2.08 bits per heavy atom. The van der Waals surface area contributed by atoms with Gasteiger partial charge in [0.25, 0.3) is 0 Å². The summed E-state index contributed by atoms with van der Waals surface area (Å²) in [6.07, 6.45) is 0.551. The number of rotatable bonds is 4. The highest BCUT2D eigenvalue weighted by Gasteiger charge is 2.16. The highest BCUT2D eigenvalue weighted by atomic mass is 32.2. The van der Waals surface area contributed by atoms with Gasteiger partial charge < -0.3 is 5.11 Å². The quantitative estimate of drug-likeness (QED) is 0.719. The number of aliphatic hydroxyl groups is 1. The van der Waals surface area contributed by atoms with Crippen LogP contribution in [0.1, 0.15) is 17.9 Å². The van der Waals surface area contributed by atoms with Gasteiger partial charge in [0.1, 0.15) is 5.82 Å². The van der Waals surface area contributed by atoms with E-state index in [-0.39, 0.29) is 10.7 Å². The molecule has 0 amide bonds. The second-order valence-electron chi connectivity index (χ2n) is 5.87. The zero-order chi connectivity index (χ0) is 18.2. The van der Waals surface area contributed by atoms with Crippen molar-refractivity contribution in [3.63, 3.8) is 0 Å². The molecule has 0 aliphatic carbocycles. The van der Waals surface area contributed by atoms with Crippen LogP contribution in [0.25, 0.3) is 21.6 Å². The molecule has 1 heterocycles. The van der Waals surface area contributed by atoms with Crippen LogP contribution in [0, 0.1) is 5.82 Å². The van der Waals surface area contributed by atoms with Gasteiger partial charge in [-0.05, 0) is 48.4 Å². The molecule has 3 aromatic rings. The first-order chi connectivity index (χ1) is 11.8. The van der Waals surface area contributed by atoms with Crippen LogP contribution in [0.4, 0.5) is 4.39 Å². The van der Waals surface area contributed by atoms with Gasteiger partial charge in [-0.3, -0.25) is 0 Å². The standard InChI is InChI=1S/C19H17FO3S2/c1-12(21)18-11-17(13-5-9-16(10-6-13)25(2,22)23)19(24-18)14-3-7-15(20)8-4-14/h3-12,21H,1-2H3. The van der Waals surface area contributed by atoms with E-state index in [1.54, 1.807) is 43.3 Å². The monoisotopic (exact) mass is 376 g/mol. The van der Waals surface area contributed by atoms with E-state index in [0.717, 1.165) is 26.4 Å². The summed E-state index contributed by atoms with van der Waals surface area (Å²) in [5, 5.41) is 9.92. The summed E-state index contributed by atoms with van der Waals surface area (Å²) in [5.74, 6) is -0.310. The fourth-order valence-corrected chi connectivity index (χ4v) is 4.28. The summed E-state index contributed by atoms with van der Waals surface area (Å²) in [7, 11) is -3.26. The molecule has 1 N–H and O–H groups in total. The van der Waals surface area contributed by atoms with Gasteiger partial charge in [-0.15, -0.1) is 11.3 Å². The van der Waals surface area contributed by atoms with Gasteiger partial charge in [0.05, 0.1) is 11.0 Å². The molecule has 3 nitrogen and oxygen atoms in total. The molecule has 0 saturated carbocycles. The molecule has 3 rings (SSSR count). The summed E-state index contributed by atoms with van der Waals surface area (Å²) in [4.78, 5) is 1.95. The molecule has 1 atom stereocenters. The summed E-state index contributed by atoms with van der Waals surface area (Å²) in [6, 6.07) is 14.7. The minimum Gasteiger partial charge on any atom is -0.388 e. The molecule has 1 aromatic heterocycles. The van der Waals surface area contributed by atoms with E-state index in [4.69, 9.17) is 0 Å². The molecule has 1 unspecified atom stereocenters. The average Bonchev–Trinajstić information content (AvgIpc) is 3.00. The number of benzene rings is 2. The normalized spacial score (nSPS) is 13.0. The average molecular weight is 376 g/mol. The van der Waals surface area contributed by atoms with E-state index >= 15 is 0 Å². The third-order valence-electron chi connectivity index (χ3n) is 3.86. The Morgan fingerprint density at radius 2 is 1.56 bits per heavy atom. The molecule has 0 spiro atoms. The Morgan fingerprint density at radius 1 is 1.00 bits per heavy atom. The first-order valence-electron chi connectivity index (χ1n) is 7.64. The molecule has 0 aliphatic heterocycles. The smallest absolute Gasteiger partial charge is 0.175 e. The van der Waals surface area contributed by atoms with Crippen molar-refractivity contribution in [2.45, 2.75) is 17.9 Å². The van der Waals surface area contributed by atoms with Crippen molar-refractivity contribution in [1.29, 1.82) is 0 Å². The van der Waals surface area contributed by atoms with Crippen LogP contribution in [0.5, 0.6) is 0 Å². The zero-order valence-corrected chi connectivity index (χ0v) is 15.4. The first kappa shape index (κ1) is 17.8. The molecular formula is C19H17FO3S2. The second-order valence-corrected chi connectivity index (χ2v) is 8.97. The number of halogens is 1. The lowest BCUT2D eigenvalue weighted by Gasteiger charge is -2.06. The largest absolute Gasteiger partial charge is 0.388 e. The van der Waals surface area contributed by atoms with Crippen LogP contribution in [0.3, 0.4) is 0 Å². The minimum absolute atomic E-state index is 0.255. The SMILES string of the molecule is CC(O)c1cc(-c2ccc(S(C)(=O)=O)cc2)c(-c2ccc(F)cc2)s1. The second kappa shape index (κ2) is 6.71. The maximum absolute atomic E-state index is 13.2. The highest BCUT2D eigenvalue weighted by Crippen LogP contribution is 2.41. The van der Waals surface area contributed by atoms with Gasteiger partial charge >= 0.3 is 0 Å². The van der Waals surface area contributed by atoms with Gasteiger partial charge in [0.2, 0.25) is 0 Å². The van der Waals surface area contributed by atoms with Crippen molar-refractivity contribution in [3.8, 4) is 21.6 Å². The predicted molar refractivity (Wildman–Crippen MR) is 98.9 cm³/mol. The highest BCUT2D eigenvalue weighted by molar-refractivity contribution is 7.90. The third kappa shape index (κ3) is 3.81. The van der Waals surface area contributed by atoms with Crippen LogP contribution in [0.15, 0.2) is 59.5 Å². The van der Waals surface area contributed by atoms with E-state index in [1.165, 1.54) is 29.7 Å². The van der Waals surface area contributed by atoms with Crippen molar-refractivity contribution in [2.24, 2.45) is 0 Å². The van der Waals surface area contributed by atoms with Crippen molar-refractivity contribution in [1.82, 2.24) is 0 Å². The molecule has 130 valence electrons. The van der Waals surface area contributed by atoms with E-state index in [1.807, 2.05) is 6.07 Å². The van der Waals surface area contributed by atoms with E-state index in [2.05, 4.69) is 0 Å². The van der Waals surface area contributed by atoms with Gasteiger partial charge in [-0.2, -0.15) is 0 Å². The molecule has 6 heteroatoms. The topological polar surface area (TPSA) is 54.4 Å². The molecule has 0 bridgehead atoms. The van der Waals surface area contributed by atoms with Crippen molar-refractivity contribution in [3.05, 3.63) is 65.3 Å². The van der Waals surface area contributed by atoms with Crippen LogP contribution >= 0.6 is 11.3 Å². The lowest BCUT2D eigenvalue weighted by atomic mass is 10.0. The summed E-state index contributed by atoms with van der Waals surface area (Å²) in [5.41, 5.74) is 2.57. The van der Waals surface area contributed by atoms with Crippen LogP contribution in [-0.4, -0.2) is 19.8 Å². The summed E-state index contributed by atoms with van der Waals surface area (Å²) >= 11 is 1.44. The van der Waals surface area contributed by atoms with Gasteiger partial charge in [-0.25, -0.2) is 12.8 Å². The zero-order valence-electron chi connectivity index (χ0n) is 13.7. The maximum Gasteiger partial charge on any atom is 0.175 e. The Balaban J connectivity index is 2.13. The van der Waals surface area contributed by atoms with Gasteiger partial charge in [-0.1, -0.05) is 24.3 Å². The van der Waals surface area contributed by atoms with Crippen molar-refractivity contribution in [2.75, 3.05) is 6.26 Å². The van der Waals surface area contributed by atoms with Crippen molar-refractivity contribution < 1.29 is 17.9 Å². The fourth-order valence-electron chi connectivity index (χ4n) is 2.53. The summed E-state index contributed by atoms with van der Waals surface area (Å²) < 4.78 is 36.5. The Bertz CT molecular complexity index is 986. The predicted octanol–water partition coefficient (Wildman–Crippen LogP) is 4.68. The molecule has 25 heavy (non-hydrogen) atoms. The number of aliphatic hydroxyl groups excluding tert-OH is 1. The third-order valence-corrected chi connectivity index (χ3v) is 6.35. The lowest BCUT2D eigenvalue weighted by molar-refractivity contribution is 0.203. The Kier molecular flexibility index (Phi) is 4.77. The molecule has 0 radical (unpaired) electrons. The molecular weight excluding hydrogens is 359 g/mol. The lowest BCUT2D eigenvalue weighted by Crippen LogP contribution is -1.96. The molecule has 2 aromatic carbocycles. The number of hydrogen-bond acceptors (Lipinski definition) is 4. The Hall–Kier alpha value is -2.02. The molecule has 0 saturated heterocycles. The fraction of sp³-hybridized carbons (Fsp3) is 0.158. The van der Waals surface area contributed by atoms with Crippen molar-refractivity contribution >= 4 is 21.2 Å². The summed E-state index contributed by atoms with van der Waals surface area (Å²) in [6.45, 7) is 1.69. The maximum atomic E-state index is 13.2. The minimum atomic E-state index is -3.26. The first-order valence-corrected chi connectivity index (χ1v) is 10.3. The number of sulfone groups is 1. The number of thiophene rings is 1. The Labute approximate surface area is 150 Å². The number of hydrogen-bond donors (Lipinski definition) is 1. The molecule has 0 aliphatic rings. The van der Waals surface area contributed by atoms with Gasteiger partial charge in [0, 0.05) is 21.6 Å². The molecule has 0 fully saturated rings. The van der Waals surface area contributed by atoms with E-state index in [9.17, 15) is 17.9 Å².